The molecule has 0 amide bonds. The lowest BCUT2D eigenvalue weighted by Crippen LogP contribution is -2.11. The number of benzene rings is 10. The van der Waals surface area contributed by atoms with Gasteiger partial charge in [0.2, 0.25) is 0 Å². The standard InChI is InChI=1S/C52H35N/c1-2-13-37(14-3-1)46-20-10-11-24-52(46)53(41-30-25-39(26-31-41)44-23-12-17-36-15-4-6-18-43(36)44)42-32-27-40(28-33-42)50-35-51-45-19-7-5-16-38(45)29-34-49(51)47-21-8-9-22-48(47)50/h1-35H. The van der Waals surface area contributed by atoms with Gasteiger partial charge in [0.25, 0.3) is 0 Å². The molecule has 1 heteroatoms. The summed E-state index contributed by atoms with van der Waals surface area (Å²) in [5.41, 5.74) is 10.6. The predicted molar refractivity (Wildman–Crippen MR) is 227 cm³/mol. The van der Waals surface area contributed by atoms with Crippen molar-refractivity contribution in [2.45, 2.75) is 0 Å². The molecule has 0 spiro atoms. The molecule has 0 fully saturated rings. The van der Waals surface area contributed by atoms with Crippen LogP contribution in [0.25, 0.3) is 76.5 Å². The molecule has 0 aliphatic carbocycles. The molecule has 1 nitrogen and oxygen atoms in total. The Hall–Kier alpha value is -6.96. The van der Waals surface area contributed by atoms with Crippen molar-refractivity contribution in [2.24, 2.45) is 0 Å². The van der Waals surface area contributed by atoms with Crippen molar-refractivity contribution >= 4 is 60.2 Å². The van der Waals surface area contributed by atoms with Gasteiger partial charge in [0.15, 0.2) is 0 Å². The first-order valence-electron chi connectivity index (χ1n) is 18.3. The van der Waals surface area contributed by atoms with Crippen LogP contribution in [0.5, 0.6) is 0 Å². The zero-order valence-corrected chi connectivity index (χ0v) is 29.2. The fourth-order valence-corrected chi connectivity index (χ4v) is 8.11. The minimum Gasteiger partial charge on any atom is -0.310 e. The molecule has 0 saturated carbocycles. The number of anilines is 3. The molecule has 0 bridgehead atoms. The lowest BCUT2D eigenvalue weighted by atomic mass is 9.91. The van der Waals surface area contributed by atoms with Crippen molar-refractivity contribution < 1.29 is 0 Å². The van der Waals surface area contributed by atoms with Crippen LogP contribution in [0.1, 0.15) is 0 Å². The molecule has 248 valence electrons. The van der Waals surface area contributed by atoms with Crippen LogP contribution < -0.4 is 4.90 Å². The van der Waals surface area contributed by atoms with Gasteiger partial charge in [-0.05, 0) is 107 Å². The van der Waals surface area contributed by atoms with Gasteiger partial charge in [-0.1, -0.05) is 176 Å². The van der Waals surface area contributed by atoms with Crippen LogP contribution in [-0.4, -0.2) is 0 Å². The molecule has 0 N–H and O–H groups in total. The maximum atomic E-state index is 2.39. The summed E-state index contributed by atoms with van der Waals surface area (Å²) < 4.78 is 0. The van der Waals surface area contributed by atoms with Gasteiger partial charge < -0.3 is 4.90 Å². The predicted octanol–water partition coefficient (Wildman–Crippen LogP) is 14.8. The quantitative estimate of drug-likeness (QED) is 0.159. The van der Waals surface area contributed by atoms with Gasteiger partial charge >= 0.3 is 0 Å². The largest absolute Gasteiger partial charge is 0.310 e. The van der Waals surface area contributed by atoms with Crippen molar-refractivity contribution in [3.63, 3.8) is 0 Å². The number of fused-ring (bicyclic) bond motifs is 6. The second-order valence-electron chi connectivity index (χ2n) is 13.7. The van der Waals surface area contributed by atoms with E-state index < -0.39 is 0 Å². The van der Waals surface area contributed by atoms with Crippen molar-refractivity contribution in [1.29, 1.82) is 0 Å². The van der Waals surface area contributed by atoms with E-state index >= 15 is 0 Å². The minimum absolute atomic E-state index is 1.10. The van der Waals surface area contributed by atoms with E-state index in [0.717, 1.165) is 17.1 Å². The monoisotopic (exact) mass is 673 g/mol. The van der Waals surface area contributed by atoms with Gasteiger partial charge in [0.1, 0.15) is 0 Å². The fraction of sp³-hybridized carbons (Fsp3) is 0. The van der Waals surface area contributed by atoms with Crippen molar-refractivity contribution in [1.82, 2.24) is 0 Å². The molecule has 0 radical (unpaired) electrons. The first-order chi connectivity index (χ1) is 26.3. The summed E-state index contributed by atoms with van der Waals surface area (Å²) in [4.78, 5) is 2.39. The summed E-state index contributed by atoms with van der Waals surface area (Å²) >= 11 is 0. The first-order valence-corrected chi connectivity index (χ1v) is 18.3. The average Bonchev–Trinajstić information content (AvgIpc) is 3.24. The van der Waals surface area contributed by atoms with Crippen LogP contribution in [0.15, 0.2) is 212 Å². The molecule has 0 unspecified atom stereocenters. The summed E-state index contributed by atoms with van der Waals surface area (Å²) in [5.74, 6) is 0. The number of hydrogen-bond acceptors (Lipinski definition) is 1. The average molecular weight is 674 g/mol. The molecule has 0 aliphatic heterocycles. The second kappa shape index (κ2) is 13.0. The van der Waals surface area contributed by atoms with Gasteiger partial charge in [0.05, 0.1) is 5.69 Å². The van der Waals surface area contributed by atoms with Gasteiger partial charge in [0, 0.05) is 16.9 Å². The van der Waals surface area contributed by atoms with E-state index in [1.165, 1.54) is 76.5 Å². The molecular weight excluding hydrogens is 639 g/mol. The molecule has 10 aromatic carbocycles. The van der Waals surface area contributed by atoms with Crippen LogP contribution >= 0.6 is 0 Å². The molecule has 10 rings (SSSR count). The van der Waals surface area contributed by atoms with E-state index in [-0.39, 0.29) is 0 Å². The first kappa shape index (κ1) is 30.8. The van der Waals surface area contributed by atoms with E-state index in [1.807, 2.05) is 0 Å². The molecule has 53 heavy (non-hydrogen) atoms. The van der Waals surface area contributed by atoms with E-state index in [0.29, 0.717) is 0 Å². The van der Waals surface area contributed by atoms with E-state index in [4.69, 9.17) is 0 Å². The lowest BCUT2D eigenvalue weighted by molar-refractivity contribution is 1.28. The zero-order chi connectivity index (χ0) is 35.1. The van der Waals surface area contributed by atoms with Crippen molar-refractivity contribution in [3.05, 3.63) is 212 Å². The van der Waals surface area contributed by atoms with Gasteiger partial charge in [-0.25, -0.2) is 0 Å². The van der Waals surface area contributed by atoms with Crippen LogP contribution in [0.2, 0.25) is 0 Å². The van der Waals surface area contributed by atoms with Gasteiger partial charge in [-0.3, -0.25) is 0 Å². The topological polar surface area (TPSA) is 3.24 Å². The normalized spacial score (nSPS) is 11.4. The highest BCUT2D eigenvalue weighted by molar-refractivity contribution is 6.21. The lowest BCUT2D eigenvalue weighted by Gasteiger charge is -2.28. The number of para-hydroxylation sites is 1. The Bertz CT molecular complexity index is 2920. The van der Waals surface area contributed by atoms with E-state index in [2.05, 4.69) is 217 Å². The molecule has 0 saturated heterocycles. The Morgan fingerprint density at radius 2 is 0.736 bits per heavy atom. The minimum atomic E-state index is 1.10. The summed E-state index contributed by atoms with van der Waals surface area (Å²) in [6.45, 7) is 0. The second-order valence-corrected chi connectivity index (χ2v) is 13.7. The Labute approximate surface area is 309 Å². The van der Waals surface area contributed by atoms with Crippen LogP contribution in [-0.2, 0) is 0 Å². The number of hydrogen-bond donors (Lipinski definition) is 0. The summed E-state index contributed by atoms with van der Waals surface area (Å²) in [6.07, 6.45) is 0. The van der Waals surface area contributed by atoms with Gasteiger partial charge in [-0.15, -0.1) is 0 Å². The third-order valence-corrected chi connectivity index (χ3v) is 10.7. The number of rotatable bonds is 6. The van der Waals surface area contributed by atoms with E-state index in [1.54, 1.807) is 0 Å². The van der Waals surface area contributed by atoms with Crippen molar-refractivity contribution in [2.75, 3.05) is 4.90 Å². The van der Waals surface area contributed by atoms with Crippen LogP contribution in [0, 0.1) is 0 Å². The highest BCUT2D eigenvalue weighted by Gasteiger charge is 2.18. The van der Waals surface area contributed by atoms with Gasteiger partial charge in [-0.2, -0.15) is 0 Å². The maximum absolute atomic E-state index is 2.39. The SMILES string of the molecule is c1ccc(-c2ccccc2N(c2ccc(-c3cccc4ccccc34)cc2)c2ccc(-c3cc4c5ccccc5ccc4c4ccccc34)cc2)cc1. The maximum Gasteiger partial charge on any atom is 0.0540 e. The fourth-order valence-electron chi connectivity index (χ4n) is 8.11. The molecule has 0 heterocycles. The highest BCUT2D eigenvalue weighted by atomic mass is 15.1. The Kier molecular flexibility index (Phi) is 7.55. The summed E-state index contributed by atoms with van der Waals surface area (Å²) in [5, 5.41) is 10.2. The Morgan fingerprint density at radius 1 is 0.245 bits per heavy atom. The Balaban J connectivity index is 1.12. The van der Waals surface area contributed by atoms with Crippen molar-refractivity contribution in [3.8, 4) is 33.4 Å². The molecule has 0 aliphatic rings. The third kappa shape index (κ3) is 5.42. The molecule has 0 atom stereocenters. The summed E-state index contributed by atoms with van der Waals surface area (Å²) in [7, 11) is 0. The van der Waals surface area contributed by atoms with Crippen LogP contribution in [0.4, 0.5) is 17.1 Å². The third-order valence-electron chi connectivity index (χ3n) is 10.7. The summed E-state index contributed by atoms with van der Waals surface area (Å²) in [6, 6.07) is 77.2. The number of nitrogens with zero attached hydrogens (tertiary/aromatic N) is 1. The van der Waals surface area contributed by atoms with E-state index in [9.17, 15) is 0 Å². The molecular formula is C52H35N. The molecule has 0 aromatic heterocycles. The zero-order valence-electron chi connectivity index (χ0n) is 29.2. The Morgan fingerprint density at radius 3 is 1.47 bits per heavy atom. The smallest absolute Gasteiger partial charge is 0.0540 e. The highest BCUT2D eigenvalue weighted by Crippen LogP contribution is 2.43. The molecule has 10 aromatic rings. The van der Waals surface area contributed by atoms with Crippen LogP contribution in [0.3, 0.4) is 0 Å².